The van der Waals surface area contributed by atoms with Crippen LogP contribution in [0.3, 0.4) is 0 Å². The first-order chi connectivity index (χ1) is 13.5. The number of benzene rings is 1. The Bertz CT molecular complexity index is 1120. The number of H-pyrrole nitrogens is 1. The number of nitrogens with one attached hydrogen (secondary N) is 1. The van der Waals surface area contributed by atoms with E-state index in [1.807, 2.05) is 39.8 Å². The Balaban J connectivity index is 1.63. The molecular formula is C19H20N4O2S3. The molecule has 3 heterocycles. The van der Waals surface area contributed by atoms with E-state index < -0.39 is 0 Å². The molecule has 0 spiro atoms. The first-order valence-corrected chi connectivity index (χ1v) is 11.4. The summed E-state index contributed by atoms with van der Waals surface area (Å²) in [4.78, 5) is 34.5. The number of piperidine rings is 1. The van der Waals surface area contributed by atoms with Gasteiger partial charge >= 0.3 is 0 Å². The molecule has 0 aliphatic carbocycles. The molecule has 3 aromatic rings. The van der Waals surface area contributed by atoms with Crippen molar-refractivity contribution in [2.45, 2.75) is 37.4 Å². The van der Waals surface area contributed by atoms with Crippen LogP contribution in [-0.4, -0.2) is 43.7 Å². The summed E-state index contributed by atoms with van der Waals surface area (Å²) >= 11 is 7.97. The van der Waals surface area contributed by atoms with Gasteiger partial charge in [0.2, 0.25) is 5.91 Å². The fourth-order valence-corrected chi connectivity index (χ4v) is 5.46. The number of fused-ring (bicyclic) bond motifs is 1. The van der Waals surface area contributed by atoms with Crippen LogP contribution < -0.4 is 5.56 Å². The molecule has 9 heteroatoms. The van der Waals surface area contributed by atoms with Crippen LogP contribution in [0.4, 0.5) is 0 Å². The number of hydrogen-bond donors (Lipinski definition) is 1. The Morgan fingerprint density at radius 2 is 2.14 bits per heavy atom. The number of carbonyl (C=O) groups is 1. The lowest BCUT2D eigenvalue weighted by atomic mass is 10.0. The number of hydrogen-bond acceptors (Lipinski definition) is 6. The summed E-state index contributed by atoms with van der Waals surface area (Å²) < 4.78 is 2.87. The molecule has 1 aliphatic rings. The van der Waals surface area contributed by atoms with Crippen LogP contribution in [0, 0.1) is 3.95 Å². The van der Waals surface area contributed by atoms with Crippen LogP contribution in [-0.2, 0) is 4.79 Å². The lowest BCUT2D eigenvalue weighted by Crippen LogP contribution is -2.43. The molecule has 146 valence electrons. The number of para-hydroxylation sites is 1. The van der Waals surface area contributed by atoms with Crippen molar-refractivity contribution in [1.82, 2.24) is 19.4 Å². The summed E-state index contributed by atoms with van der Waals surface area (Å²) in [7, 11) is 0. The number of likely N-dealkylation sites (tertiary alicyclic amines) is 1. The summed E-state index contributed by atoms with van der Waals surface area (Å²) in [6.07, 6.45) is 3.27. The predicted molar refractivity (Wildman–Crippen MR) is 116 cm³/mol. The van der Waals surface area contributed by atoms with E-state index >= 15 is 0 Å². The SMILES string of the molecule is CC1CCCCN1C(=O)CSc1nc2c(sc(=S)n2-c2ccccc2)c(=O)[nH]1. The number of rotatable bonds is 4. The molecule has 1 unspecified atom stereocenters. The Kier molecular flexibility index (Phi) is 5.65. The van der Waals surface area contributed by atoms with Gasteiger partial charge in [0.1, 0.15) is 4.70 Å². The molecule has 0 saturated carbocycles. The van der Waals surface area contributed by atoms with Crippen molar-refractivity contribution >= 4 is 51.6 Å². The normalized spacial score (nSPS) is 17.2. The predicted octanol–water partition coefficient (Wildman–Crippen LogP) is 4.00. The van der Waals surface area contributed by atoms with E-state index in [4.69, 9.17) is 12.2 Å². The highest BCUT2D eigenvalue weighted by molar-refractivity contribution is 7.99. The topological polar surface area (TPSA) is 71.0 Å². The van der Waals surface area contributed by atoms with Gasteiger partial charge in [0, 0.05) is 18.3 Å². The second-order valence-electron chi connectivity index (χ2n) is 6.78. The summed E-state index contributed by atoms with van der Waals surface area (Å²) in [6.45, 7) is 2.90. The summed E-state index contributed by atoms with van der Waals surface area (Å²) in [5.74, 6) is 0.347. The largest absolute Gasteiger partial charge is 0.339 e. The van der Waals surface area contributed by atoms with Crippen LogP contribution in [0.15, 0.2) is 40.3 Å². The van der Waals surface area contributed by atoms with Gasteiger partial charge in [-0.1, -0.05) is 41.3 Å². The van der Waals surface area contributed by atoms with Gasteiger partial charge in [0.15, 0.2) is 14.8 Å². The number of aromatic amines is 1. The zero-order valence-corrected chi connectivity index (χ0v) is 17.8. The van der Waals surface area contributed by atoms with Gasteiger partial charge in [-0.15, -0.1) is 0 Å². The molecule has 1 N–H and O–H groups in total. The van der Waals surface area contributed by atoms with E-state index in [-0.39, 0.29) is 23.3 Å². The fraction of sp³-hybridized carbons (Fsp3) is 0.368. The number of aromatic nitrogens is 3. The maximum absolute atomic E-state index is 12.6. The number of amides is 1. The van der Waals surface area contributed by atoms with E-state index in [0.717, 1.165) is 25.1 Å². The molecule has 6 nitrogen and oxygen atoms in total. The first kappa shape index (κ1) is 19.4. The summed E-state index contributed by atoms with van der Waals surface area (Å²) in [5.41, 5.74) is 1.18. The fourth-order valence-electron chi connectivity index (χ4n) is 3.45. The third-order valence-corrected chi connectivity index (χ3v) is 7.11. The molecule has 4 rings (SSSR count). The molecular weight excluding hydrogens is 412 g/mol. The highest BCUT2D eigenvalue weighted by atomic mass is 32.2. The molecule has 0 radical (unpaired) electrons. The van der Waals surface area contributed by atoms with Gasteiger partial charge in [-0.25, -0.2) is 4.98 Å². The van der Waals surface area contributed by atoms with E-state index in [1.165, 1.54) is 29.5 Å². The second kappa shape index (κ2) is 8.18. The minimum absolute atomic E-state index is 0.0881. The summed E-state index contributed by atoms with van der Waals surface area (Å²) in [6, 6.07) is 9.90. The molecule has 0 bridgehead atoms. The van der Waals surface area contributed by atoms with Gasteiger partial charge < -0.3 is 9.88 Å². The van der Waals surface area contributed by atoms with Gasteiger partial charge in [0.25, 0.3) is 5.56 Å². The average Bonchev–Trinajstić information content (AvgIpc) is 3.03. The van der Waals surface area contributed by atoms with Gasteiger partial charge in [0.05, 0.1) is 5.75 Å². The Labute approximate surface area is 175 Å². The van der Waals surface area contributed by atoms with Crippen LogP contribution in [0.25, 0.3) is 16.0 Å². The standard InChI is InChI=1S/C19H20N4O2S3/c1-12-7-5-6-10-22(12)14(24)11-27-18-20-16-15(17(25)21-18)28-19(26)23(16)13-8-3-2-4-9-13/h2-4,8-9,12H,5-7,10-11H2,1H3,(H,20,21,25). The quantitative estimate of drug-likeness (QED) is 0.383. The molecule has 1 saturated heterocycles. The smallest absolute Gasteiger partial charge is 0.271 e. The number of carbonyl (C=O) groups excluding carboxylic acids is 1. The number of thiazole rings is 1. The van der Waals surface area contributed by atoms with Crippen LogP contribution in [0.2, 0.25) is 0 Å². The summed E-state index contributed by atoms with van der Waals surface area (Å²) in [5, 5.41) is 0.438. The Morgan fingerprint density at radius 1 is 1.36 bits per heavy atom. The molecule has 2 aromatic heterocycles. The molecule has 1 atom stereocenters. The third-order valence-electron chi connectivity index (χ3n) is 4.89. The van der Waals surface area contributed by atoms with Crippen molar-refractivity contribution in [2.75, 3.05) is 12.3 Å². The number of nitrogens with zero attached hydrogens (tertiary/aromatic N) is 3. The zero-order valence-electron chi connectivity index (χ0n) is 15.4. The zero-order chi connectivity index (χ0) is 19.7. The molecule has 28 heavy (non-hydrogen) atoms. The maximum atomic E-state index is 12.6. The molecule has 1 fully saturated rings. The number of thioether (sulfide) groups is 1. The van der Waals surface area contributed by atoms with Crippen LogP contribution in [0.1, 0.15) is 26.2 Å². The second-order valence-corrected chi connectivity index (χ2v) is 9.39. The Hall–Kier alpha value is -1.97. The lowest BCUT2D eigenvalue weighted by molar-refractivity contribution is -0.131. The minimum atomic E-state index is -0.225. The molecule has 1 amide bonds. The van der Waals surface area contributed by atoms with Gasteiger partial charge in [-0.05, 0) is 50.5 Å². The van der Waals surface area contributed by atoms with Gasteiger partial charge in [-0.3, -0.25) is 14.2 Å². The van der Waals surface area contributed by atoms with Crippen molar-refractivity contribution in [1.29, 1.82) is 0 Å². The average molecular weight is 433 g/mol. The lowest BCUT2D eigenvalue weighted by Gasteiger charge is -2.33. The van der Waals surface area contributed by atoms with Crippen molar-refractivity contribution in [3.05, 3.63) is 44.6 Å². The van der Waals surface area contributed by atoms with Crippen molar-refractivity contribution in [3.63, 3.8) is 0 Å². The van der Waals surface area contributed by atoms with E-state index in [2.05, 4.69) is 16.9 Å². The van der Waals surface area contributed by atoms with E-state index in [1.54, 1.807) is 0 Å². The first-order valence-electron chi connectivity index (χ1n) is 9.18. The van der Waals surface area contributed by atoms with Crippen LogP contribution in [0.5, 0.6) is 0 Å². The maximum Gasteiger partial charge on any atom is 0.271 e. The third kappa shape index (κ3) is 3.78. The van der Waals surface area contributed by atoms with Crippen LogP contribution >= 0.6 is 35.3 Å². The van der Waals surface area contributed by atoms with Gasteiger partial charge in [-0.2, -0.15) is 0 Å². The highest BCUT2D eigenvalue weighted by Gasteiger charge is 2.23. The van der Waals surface area contributed by atoms with Crippen molar-refractivity contribution < 1.29 is 4.79 Å². The van der Waals surface area contributed by atoms with Crippen molar-refractivity contribution in [2.24, 2.45) is 0 Å². The highest BCUT2D eigenvalue weighted by Crippen LogP contribution is 2.25. The molecule has 1 aliphatic heterocycles. The van der Waals surface area contributed by atoms with E-state index in [0.29, 0.717) is 19.5 Å². The molecule has 1 aromatic carbocycles. The van der Waals surface area contributed by atoms with E-state index in [9.17, 15) is 9.59 Å². The Morgan fingerprint density at radius 3 is 2.89 bits per heavy atom. The monoisotopic (exact) mass is 432 g/mol. The minimum Gasteiger partial charge on any atom is -0.339 e. The van der Waals surface area contributed by atoms with Crippen molar-refractivity contribution in [3.8, 4) is 5.69 Å².